The summed E-state index contributed by atoms with van der Waals surface area (Å²) in [6, 6.07) is 2.41. The van der Waals surface area contributed by atoms with Gasteiger partial charge in [-0.25, -0.2) is 39.8 Å². The number of aliphatic hydroxyl groups is 1. The molecule has 0 saturated carbocycles. The van der Waals surface area contributed by atoms with E-state index < -0.39 is 57.8 Å². The number of aromatic nitrogens is 4. The van der Waals surface area contributed by atoms with Crippen molar-refractivity contribution in [3.63, 3.8) is 0 Å². The van der Waals surface area contributed by atoms with Gasteiger partial charge in [-0.3, -0.25) is 0 Å². The average Bonchev–Trinajstić information content (AvgIpc) is 3.39. The van der Waals surface area contributed by atoms with Crippen molar-refractivity contribution in [1.29, 1.82) is 0 Å². The zero-order valence-electron chi connectivity index (χ0n) is 19.6. The van der Waals surface area contributed by atoms with E-state index in [1.54, 1.807) is 4.90 Å². The number of tetrazole rings is 1. The maximum atomic E-state index is 13.0. The lowest BCUT2D eigenvalue weighted by Gasteiger charge is -2.34. The van der Waals surface area contributed by atoms with Crippen LogP contribution in [0.25, 0.3) is 11.4 Å². The summed E-state index contributed by atoms with van der Waals surface area (Å²) in [6.45, 7) is -0.0635. The van der Waals surface area contributed by atoms with Crippen LogP contribution in [0.3, 0.4) is 0 Å². The van der Waals surface area contributed by atoms with E-state index in [4.69, 9.17) is 16.6 Å². The molecule has 2 heterocycles. The molecule has 1 aliphatic heterocycles. The maximum absolute atomic E-state index is 13.0. The number of aromatic amines is 1. The fourth-order valence-electron chi connectivity index (χ4n) is 3.89. The summed E-state index contributed by atoms with van der Waals surface area (Å²) in [4.78, 5) is 0.226. The number of sulfonamides is 3. The molecule has 1 atom stereocenters. The Morgan fingerprint density at radius 3 is 2.32 bits per heavy atom. The molecular formula is C17H30N10O7S3. The summed E-state index contributed by atoms with van der Waals surface area (Å²) in [5.74, 6) is -0.238. The summed E-state index contributed by atoms with van der Waals surface area (Å²) in [5.41, 5.74) is 10.7. The molecule has 20 heteroatoms. The summed E-state index contributed by atoms with van der Waals surface area (Å²) in [7, 11) is -12.8. The largest absolute Gasteiger partial charge is 0.390 e. The van der Waals surface area contributed by atoms with E-state index in [-0.39, 0.29) is 62.6 Å². The molecule has 1 fully saturated rings. The second-order valence-corrected chi connectivity index (χ2v) is 13.5. The van der Waals surface area contributed by atoms with Crippen LogP contribution in [0.4, 0.5) is 5.69 Å². The molecule has 0 bridgehead atoms. The lowest BCUT2D eigenvalue weighted by Crippen LogP contribution is -2.44. The van der Waals surface area contributed by atoms with Crippen molar-refractivity contribution in [1.82, 2.24) is 30.1 Å². The quantitative estimate of drug-likeness (QED) is 0.126. The number of hydrogen-bond donors (Lipinski definition) is 7. The summed E-state index contributed by atoms with van der Waals surface area (Å²) >= 11 is 0. The molecule has 3 rings (SSSR count). The Morgan fingerprint density at radius 2 is 1.78 bits per heavy atom. The van der Waals surface area contributed by atoms with Crippen LogP contribution in [0.2, 0.25) is 0 Å². The summed E-state index contributed by atoms with van der Waals surface area (Å²) in [6.07, 6.45) is -0.801. The Bertz CT molecular complexity index is 1390. The lowest BCUT2D eigenvalue weighted by atomic mass is 10.1. The number of aliphatic hydroxyl groups excluding tert-OH is 1. The first kappa shape index (κ1) is 29.3. The highest BCUT2D eigenvalue weighted by atomic mass is 32.2. The van der Waals surface area contributed by atoms with E-state index in [0.29, 0.717) is 0 Å². The number of rotatable bonds is 12. The van der Waals surface area contributed by atoms with Gasteiger partial charge in [0.25, 0.3) is 0 Å². The minimum Gasteiger partial charge on any atom is -0.390 e. The van der Waals surface area contributed by atoms with Crippen molar-refractivity contribution >= 4 is 35.8 Å². The molecule has 1 aromatic carbocycles. The summed E-state index contributed by atoms with van der Waals surface area (Å²) in [5, 5.41) is 27.7. The molecule has 0 unspecified atom stereocenters. The minimum absolute atomic E-state index is 0.106. The van der Waals surface area contributed by atoms with E-state index >= 15 is 0 Å². The van der Waals surface area contributed by atoms with Gasteiger partial charge in [-0.1, -0.05) is 0 Å². The molecule has 37 heavy (non-hydrogen) atoms. The predicted molar refractivity (Wildman–Crippen MR) is 132 cm³/mol. The Morgan fingerprint density at radius 1 is 1.11 bits per heavy atom. The van der Waals surface area contributed by atoms with Crippen LogP contribution in [0, 0.1) is 0 Å². The average molecular weight is 583 g/mol. The predicted octanol–water partition coefficient (Wildman–Crippen LogP) is -4.04. The van der Waals surface area contributed by atoms with E-state index in [2.05, 4.69) is 30.1 Å². The molecule has 0 aliphatic carbocycles. The van der Waals surface area contributed by atoms with Crippen LogP contribution >= 0.6 is 0 Å². The third-order valence-corrected chi connectivity index (χ3v) is 10.2. The fourth-order valence-corrected chi connectivity index (χ4v) is 8.02. The third kappa shape index (κ3) is 6.78. The van der Waals surface area contributed by atoms with Crippen molar-refractivity contribution in [3.05, 3.63) is 12.1 Å². The molecule has 0 spiro atoms. The van der Waals surface area contributed by atoms with Crippen molar-refractivity contribution in [3.8, 4) is 11.4 Å². The van der Waals surface area contributed by atoms with Crippen LogP contribution in [0.1, 0.15) is 12.8 Å². The van der Waals surface area contributed by atoms with Gasteiger partial charge in [0.2, 0.25) is 35.9 Å². The van der Waals surface area contributed by atoms with Gasteiger partial charge < -0.3 is 21.5 Å². The Labute approximate surface area is 214 Å². The number of nitrogens with two attached hydrogens (primary N) is 3. The van der Waals surface area contributed by atoms with Crippen LogP contribution < -0.4 is 31.0 Å². The zero-order valence-corrected chi connectivity index (χ0v) is 22.1. The number of primary sulfonamides is 1. The molecule has 17 nitrogen and oxygen atoms in total. The summed E-state index contributed by atoms with van der Waals surface area (Å²) < 4.78 is 81.1. The van der Waals surface area contributed by atoms with Gasteiger partial charge in [-0.2, -0.15) is 5.21 Å². The van der Waals surface area contributed by atoms with Crippen molar-refractivity contribution in [2.24, 2.45) is 16.6 Å². The normalized spacial score (nSPS) is 16.7. The topological polar surface area (TPSA) is 282 Å². The van der Waals surface area contributed by atoms with Crippen LogP contribution in [0.5, 0.6) is 0 Å². The van der Waals surface area contributed by atoms with Crippen LogP contribution in [-0.4, -0.2) is 102 Å². The molecule has 0 amide bonds. The molecule has 0 radical (unpaired) electrons. The van der Waals surface area contributed by atoms with Gasteiger partial charge in [-0.05, 0) is 30.2 Å². The SMILES string of the molecule is NCCNS(=O)(=O)C1CCN(c2ccc(S(=O)(=O)NC[C@H](O)CN)c(S(N)(=O)=O)c2-c2nn[nH]n2)CC1. The first-order chi connectivity index (χ1) is 17.3. The van der Waals surface area contributed by atoms with Crippen LogP contribution in [-0.2, 0) is 30.1 Å². The molecule has 208 valence electrons. The van der Waals surface area contributed by atoms with Gasteiger partial charge in [0.1, 0.15) is 9.79 Å². The van der Waals surface area contributed by atoms with Gasteiger partial charge in [0.05, 0.1) is 16.9 Å². The minimum atomic E-state index is -4.70. The fraction of sp³-hybridized carbons (Fsp3) is 0.588. The number of nitrogens with one attached hydrogen (secondary N) is 3. The standard InChI is InChI=1S/C17H30N10O7S3/c18-5-6-21-36(31,32)12-3-7-27(8-4-12)13-1-2-14(37(33,34)22-10-11(28)9-19)16(35(20,29)30)15(13)17-23-25-26-24-17/h1-2,11-12,21-22,28H,3-10,18-19H2,(H2,20,29,30)(H,23,24,25,26)/t11-/m1/s1. The van der Waals surface area contributed by atoms with Crippen LogP contribution in [0.15, 0.2) is 21.9 Å². The third-order valence-electron chi connectivity index (χ3n) is 5.69. The molecule has 2 aromatic rings. The van der Waals surface area contributed by atoms with E-state index in [1.807, 2.05) is 0 Å². The molecular weight excluding hydrogens is 552 g/mol. The number of nitrogens with zero attached hydrogens (tertiary/aromatic N) is 4. The van der Waals surface area contributed by atoms with E-state index in [9.17, 15) is 30.4 Å². The lowest BCUT2D eigenvalue weighted by molar-refractivity contribution is 0.186. The van der Waals surface area contributed by atoms with E-state index in [1.165, 1.54) is 6.07 Å². The number of benzene rings is 1. The first-order valence-corrected chi connectivity index (χ1v) is 15.6. The maximum Gasteiger partial charge on any atom is 0.242 e. The highest BCUT2D eigenvalue weighted by Gasteiger charge is 2.35. The number of piperidine rings is 1. The Hall–Kier alpha value is -2.30. The smallest absolute Gasteiger partial charge is 0.242 e. The van der Waals surface area contributed by atoms with Gasteiger partial charge in [0, 0.05) is 45.0 Å². The Kier molecular flexibility index (Phi) is 9.18. The molecule has 1 aromatic heterocycles. The molecule has 10 N–H and O–H groups in total. The molecule has 1 aliphatic rings. The van der Waals surface area contributed by atoms with E-state index in [0.717, 1.165) is 6.07 Å². The second-order valence-electron chi connectivity index (χ2n) is 8.22. The number of hydrogen-bond acceptors (Lipinski definition) is 13. The second kappa shape index (κ2) is 11.6. The van der Waals surface area contributed by atoms with Gasteiger partial charge >= 0.3 is 0 Å². The Balaban J connectivity index is 2.07. The first-order valence-electron chi connectivity index (χ1n) is 11.1. The number of H-pyrrole nitrogens is 1. The van der Waals surface area contributed by atoms with Crippen molar-refractivity contribution in [2.75, 3.05) is 44.2 Å². The monoisotopic (exact) mass is 582 g/mol. The van der Waals surface area contributed by atoms with Gasteiger partial charge in [-0.15, -0.1) is 10.2 Å². The van der Waals surface area contributed by atoms with Crippen molar-refractivity contribution < 1.29 is 30.4 Å². The highest BCUT2D eigenvalue weighted by Crippen LogP contribution is 2.39. The zero-order chi connectivity index (χ0) is 27.4. The van der Waals surface area contributed by atoms with Crippen molar-refractivity contribution in [2.45, 2.75) is 34.0 Å². The highest BCUT2D eigenvalue weighted by molar-refractivity contribution is 7.92. The van der Waals surface area contributed by atoms with Gasteiger partial charge in [0.15, 0.2) is 0 Å². The number of anilines is 1. The molecule has 1 saturated heterocycles.